The Hall–Kier alpha value is -2.54. The zero-order chi connectivity index (χ0) is 16.1. The normalized spacial score (nSPS) is 19.1. The predicted octanol–water partition coefficient (Wildman–Crippen LogP) is 1.99. The standard InChI is InChI=1S/C15H13NO5S/c1-9-10-4-2-3-5-11(10)15(20)21-7-6-13(17)16-12(8-22-9)14(18)19/h2-3,5-8H,4H2,1H3,(H,16,17)(H,18,19). The Morgan fingerprint density at radius 3 is 2.91 bits per heavy atom. The lowest BCUT2D eigenvalue weighted by atomic mass is 9.98. The van der Waals surface area contributed by atoms with E-state index in [-0.39, 0.29) is 5.70 Å². The fraction of sp³-hybridized carbons (Fsp3) is 0.133. The summed E-state index contributed by atoms with van der Waals surface area (Å²) < 4.78 is 4.91. The van der Waals surface area contributed by atoms with Gasteiger partial charge in [-0.05, 0) is 29.9 Å². The van der Waals surface area contributed by atoms with E-state index in [9.17, 15) is 14.4 Å². The summed E-state index contributed by atoms with van der Waals surface area (Å²) in [5.41, 5.74) is 0.908. The molecule has 2 N–H and O–H groups in total. The Labute approximate surface area is 130 Å². The zero-order valence-corrected chi connectivity index (χ0v) is 12.5. The molecule has 6 nitrogen and oxygen atoms in total. The fourth-order valence-corrected chi connectivity index (χ4v) is 2.62. The van der Waals surface area contributed by atoms with Crippen molar-refractivity contribution in [1.82, 2.24) is 5.32 Å². The monoisotopic (exact) mass is 319 g/mol. The van der Waals surface area contributed by atoms with Gasteiger partial charge in [-0.3, -0.25) is 4.79 Å². The molecule has 22 heavy (non-hydrogen) atoms. The van der Waals surface area contributed by atoms with Gasteiger partial charge in [0.15, 0.2) is 0 Å². The van der Waals surface area contributed by atoms with Crippen LogP contribution in [0.15, 0.2) is 57.7 Å². The first-order chi connectivity index (χ1) is 10.5. The molecular formula is C15H13NO5S. The van der Waals surface area contributed by atoms with Gasteiger partial charge in [-0.25, -0.2) is 9.59 Å². The summed E-state index contributed by atoms with van der Waals surface area (Å²) in [6, 6.07) is 0. The number of aliphatic carboxylic acids is 1. The summed E-state index contributed by atoms with van der Waals surface area (Å²) in [6.45, 7) is 1.78. The molecule has 0 atom stereocenters. The fourth-order valence-electron chi connectivity index (χ4n) is 1.83. The molecule has 7 heteroatoms. The summed E-state index contributed by atoms with van der Waals surface area (Å²) in [7, 11) is 0. The molecule has 2 rings (SSSR count). The Balaban J connectivity index is 2.45. The first kappa shape index (κ1) is 15.8. The highest BCUT2D eigenvalue weighted by Gasteiger charge is 2.20. The third kappa shape index (κ3) is 3.76. The van der Waals surface area contributed by atoms with Crippen molar-refractivity contribution in [3.8, 4) is 0 Å². The van der Waals surface area contributed by atoms with Crippen molar-refractivity contribution < 1.29 is 24.2 Å². The quantitative estimate of drug-likeness (QED) is 0.718. The van der Waals surface area contributed by atoms with Crippen LogP contribution >= 0.6 is 11.8 Å². The van der Waals surface area contributed by atoms with E-state index in [1.807, 2.05) is 6.08 Å². The van der Waals surface area contributed by atoms with E-state index >= 15 is 0 Å². The molecule has 0 saturated carbocycles. The average molecular weight is 319 g/mol. The maximum Gasteiger partial charge on any atom is 0.352 e. The summed E-state index contributed by atoms with van der Waals surface area (Å²) >= 11 is 1.13. The molecule has 1 aliphatic heterocycles. The minimum atomic E-state index is -1.25. The van der Waals surface area contributed by atoms with Crippen molar-refractivity contribution in [3.63, 3.8) is 0 Å². The second-order valence-electron chi connectivity index (χ2n) is 4.40. The lowest BCUT2D eigenvalue weighted by molar-refractivity contribution is -0.135. The van der Waals surface area contributed by atoms with Gasteiger partial charge in [0.05, 0.1) is 5.57 Å². The van der Waals surface area contributed by atoms with E-state index < -0.39 is 17.8 Å². The van der Waals surface area contributed by atoms with Crippen molar-refractivity contribution >= 4 is 29.6 Å². The van der Waals surface area contributed by atoms with E-state index in [0.29, 0.717) is 12.0 Å². The second-order valence-corrected chi connectivity index (χ2v) is 5.48. The smallest absolute Gasteiger partial charge is 0.352 e. The van der Waals surface area contributed by atoms with Gasteiger partial charge in [-0.15, -0.1) is 11.8 Å². The third-order valence-electron chi connectivity index (χ3n) is 2.93. The van der Waals surface area contributed by atoms with E-state index in [2.05, 4.69) is 5.32 Å². The molecule has 0 unspecified atom stereocenters. The van der Waals surface area contributed by atoms with Crippen molar-refractivity contribution in [2.24, 2.45) is 0 Å². The van der Waals surface area contributed by atoms with Gasteiger partial charge < -0.3 is 15.2 Å². The molecule has 0 radical (unpaired) electrons. The maximum atomic E-state index is 12.0. The molecule has 0 aromatic rings. The highest BCUT2D eigenvalue weighted by molar-refractivity contribution is 8.05. The number of cyclic esters (lactones) is 1. The molecule has 1 aliphatic carbocycles. The predicted molar refractivity (Wildman–Crippen MR) is 81.2 cm³/mol. The molecule has 1 heterocycles. The summed E-state index contributed by atoms with van der Waals surface area (Å²) in [6.07, 6.45) is 7.72. The number of carbonyl (C=O) groups is 3. The van der Waals surface area contributed by atoms with Crippen LogP contribution in [-0.4, -0.2) is 23.0 Å². The lowest BCUT2D eigenvalue weighted by Crippen LogP contribution is -2.25. The molecule has 114 valence electrons. The number of allylic oxidation sites excluding steroid dienone is 4. The number of ether oxygens (including phenoxy) is 1. The largest absolute Gasteiger partial charge is 0.477 e. The summed E-state index contributed by atoms with van der Waals surface area (Å²) in [5.74, 6) is -2.51. The van der Waals surface area contributed by atoms with E-state index in [1.54, 1.807) is 19.1 Å². The second kappa shape index (κ2) is 6.95. The molecule has 0 saturated heterocycles. The highest BCUT2D eigenvalue weighted by Crippen LogP contribution is 2.31. The number of fused-ring (bicyclic) bond motifs is 1. The zero-order valence-electron chi connectivity index (χ0n) is 11.7. The minimum Gasteiger partial charge on any atom is -0.477 e. The Bertz CT molecular complexity index is 682. The number of nitrogens with one attached hydrogen (secondary N) is 1. The Morgan fingerprint density at radius 2 is 2.18 bits per heavy atom. The van der Waals surface area contributed by atoms with Gasteiger partial charge in [0.25, 0.3) is 5.91 Å². The molecular weight excluding hydrogens is 306 g/mol. The number of thioether (sulfide) groups is 1. The number of esters is 1. The number of hydrogen-bond donors (Lipinski definition) is 2. The van der Waals surface area contributed by atoms with Crippen molar-refractivity contribution in [2.45, 2.75) is 13.3 Å². The van der Waals surface area contributed by atoms with Crippen LogP contribution in [0.4, 0.5) is 0 Å². The van der Waals surface area contributed by atoms with Crippen LogP contribution in [0, 0.1) is 0 Å². The number of amides is 1. The van der Waals surface area contributed by atoms with E-state index in [0.717, 1.165) is 34.6 Å². The number of hydrogen-bond acceptors (Lipinski definition) is 5. The van der Waals surface area contributed by atoms with Crippen molar-refractivity contribution in [3.05, 3.63) is 57.7 Å². The van der Waals surface area contributed by atoms with Gasteiger partial charge in [0.1, 0.15) is 12.0 Å². The molecule has 0 aromatic heterocycles. The average Bonchev–Trinajstić information content (AvgIpc) is 2.49. The van der Waals surface area contributed by atoms with Crippen LogP contribution in [0.1, 0.15) is 13.3 Å². The van der Waals surface area contributed by atoms with Crippen molar-refractivity contribution in [2.75, 3.05) is 0 Å². The number of carboxylic acid groups (broad SMARTS) is 1. The first-order valence-electron chi connectivity index (χ1n) is 6.34. The van der Waals surface area contributed by atoms with Gasteiger partial charge in [-0.1, -0.05) is 12.2 Å². The third-order valence-corrected chi connectivity index (χ3v) is 3.88. The molecule has 0 spiro atoms. The van der Waals surface area contributed by atoms with Gasteiger partial charge in [0.2, 0.25) is 0 Å². The summed E-state index contributed by atoms with van der Waals surface area (Å²) in [5, 5.41) is 12.6. The topological polar surface area (TPSA) is 92.7 Å². The highest BCUT2D eigenvalue weighted by atomic mass is 32.2. The Kier molecular flexibility index (Phi) is 5.00. The van der Waals surface area contributed by atoms with E-state index in [1.165, 1.54) is 5.41 Å². The molecule has 1 amide bonds. The SMILES string of the molecule is CC1=C2CC=CC=C2C(=O)OC=CC(=O)NC(C(=O)O)=CS1. The number of carboxylic acids is 1. The molecule has 0 aromatic carbocycles. The summed E-state index contributed by atoms with van der Waals surface area (Å²) in [4.78, 5) is 35.4. The van der Waals surface area contributed by atoms with Crippen LogP contribution in [0.25, 0.3) is 0 Å². The van der Waals surface area contributed by atoms with Crippen LogP contribution in [-0.2, 0) is 19.1 Å². The maximum absolute atomic E-state index is 12.0. The van der Waals surface area contributed by atoms with E-state index in [4.69, 9.17) is 9.84 Å². The number of rotatable bonds is 1. The molecule has 0 fully saturated rings. The van der Waals surface area contributed by atoms with Crippen LogP contribution in [0.2, 0.25) is 0 Å². The van der Waals surface area contributed by atoms with Gasteiger partial charge in [0, 0.05) is 11.5 Å². The lowest BCUT2D eigenvalue weighted by Gasteiger charge is -2.15. The minimum absolute atomic E-state index is 0.247. The Morgan fingerprint density at radius 1 is 1.41 bits per heavy atom. The molecule has 0 bridgehead atoms. The van der Waals surface area contributed by atoms with Crippen LogP contribution in [0.3, 0.4) is 0 Å². The van der Waals surface area contributed by atoms with Crippen LogP contribution < -0.4 is 5.32 Å². The number of carbonyl (C=O) groups excluding carboxylic acids is 2. The van der Waals surface area contributed by atoms with Gasteiger partial charge in [-0.2, -0.15) is 0 Å². The first-order valence-corrected chi connectivity index (χ1v) is 7.22. The van der Waals surface area contributed by atoms with Gasteiger partial charge >= 0.3 is 11.9 Å². The van der Waals surface area contributed by atoms with Crippen LogP contribution in [0.5, 0.6) is 0 Å². The van der Waals surface area contributed by atoms with Crippen molar-refractivity contribution in [1.29, 1.82) is 0 Å². The molecule has 2 aliphatic rings.